The van der Waals surface area contributed by atoms with Crippen LogP contribution in [0.1, 0.15) is 5.56 Å². The topological polar surface area (TPSA) is 42.2 Å². The quantitative estimate of drug-likeness (QED) is 0.797. The molecule has 0 atom stereocenters. The molecule has 0 bridgehead atoms. The van der Waals surface area contributed by atoms with E-state index in [0.29, 0.717) is 22.6 Å². The minimum atomic E-state index is -0.370. The van der Waals surface area contributed by atoms with Gasteiger partial charge in [-0.1, -0.05) is 0 Å². The molecule has 1 aliphatic heterocycles. The van der Waals surface area contributed by atoms with E-state index in [4.69, 9.17) is 4.42 Å². The van der Waals surface area contributed by atoms with E-state index in [9.17, 15) is 9.18 Å². The second-order valence-electron chi connectivity index (χ2n) is 3.69. The Hall–Kier alpha value is -2.10. The lowest BCUT2D eigenvalue weighted by atomic mass is 10.1. The van der Waals surface area contributed by atoms with Crippen LogP contribution in [-0.4, -0.2) is 5.91 Å². The summed E-state index contributed by atoms with van der Waals surface area (Å²) in [5, 5.41) is 2.68. The van der Waals surface area contributed by atoms with Crippen molar-refractivity contribution in [2.45, 2.75) is 6.42 Å². The minimum Gasteiger partial charge on any atom is -0.464 e. The Morgan fingerprint density at radius 2 is 2.25 bits per heavy atom. The molecule has 0 unspecified atom stereocenters. The lowest BCUT2D eigenvalue weighted by Crippen LogP contribution is -2.03. The van der Waals surface area contributed by atoms with Crippen LogP contribution in [0.3, 0.4) is 0 Å². The summed E-state index contributed by atoms with van der Waals surface area (Å²) in [5.74, 6) is -0.0161. The van der Waals surface area contributed by atoms with Crippen LogP contribution < -0.4 is 5.32 Å². The van der Waals surface area contributed by atoms with Crippen LogP contribution in [0.5, 0.6) is 0 Å². The molecule has 2 aromatic rings. The van der Waals surface area contributed by atoms with Gasteiger partial charge in [-0.2, -0.15) is 0 Å². The monoisotopic (exact) mass is 217 g/mol. The van der Waals surface area contributed by atoms with Gasteiger partial charge in [0.1, 0.15) is 11.6 Å². The molecule has 3 nitrogen and oxygen atoms in total. The van der Waals surface area contributed by atoms with E-state index in [0.717, 1.165) is 0 Å². The average Bonchev–Trinajstić information content (AvgIpc) is 2.83. The number of furan rings is 1. The van der Waals surface area contributed by atoms with Crippen molar-refractivity contribution in [2.24, 2.45) is 0 Å². The molecule has 1 aliphatic rings. The Morgan fingerprint density at radius 1 is 1.38 bits per heavy atom. The highest BCUT2D eigenvalue weighted by Gasteiger charge is 2.21. The molecule has 1 N–H and O–H groups in total. The third-order valence-electron chi connectivity index (χ3n) is 2.60. The first-order valence-electron chi connectivity index (χ1n) is 4.90. The summed E-state index contributed by atoms with van der Waals surface area (Å²) in [6, 6.07) is 6.36. The van der Waals surface area contributed by atoms with Crippen molar-refractivity contribution < 1.29 is 13.6 Å². The molecular weight excluding hydrogens is 209 g/mol. The number of halogens is 1. The highest BCUT2D eigenvalue weighted by Crippen LogP contribution is 2.32. The lowest BCUT2D eigenvalue weighted by molar-refractivity contribution is -0.115. The maximum Gasteiger partial charge on any atom is 0.228 e. The van der Waals surface area contributed by atoms with E-state index in [2.05, 4.69) is 5.32 Å². The van der Waals surface area contributed by atoms with E-state index >= 15 is 0 Å². The molecule has 1 amide bonds. The summed E-state index contributed by atoms with van der Waals surface area (Å²) in [5.41, 5.74) is 1.72. The highest BCUT2D eigenvalue weighted by molar-refractivity contribution is 5.99. The van der Waals surface area contributed by atoms with Gasteiger partial charge in [-0.05, 0) is 29.8 Å². The van der Waals surface area contributed by atoms with Crippen molar-refractivity contribution in [3.05, 3.63) is 41.9 Å². The van der Waals surface area contributed by atoms with Gasteiger partial charge in [0.2, 0.25) is 5.91 Å². The maximum atomic E-state index is 13.7. The van der Waals surface area contributed by atoms with Crippen molar-refractivity contribution in [3.8, 4) is 11.3 Å². The van der Waals surface area contributed by atoms with Gasteiger partial charge in [-0.15, -0.1) is 0 Å². The predicted octanol–water partition coefficient (Wildman–Crippen LogP) is 2.58. The average molecular weight is 217 g/mol. The molecule has 3 rings (SSSR count). The van der Waals surface area contributed by atoms with Gasteiger partial charge in [0, 0.05) is 5.69 Å². The largest absolute Gasteiger partial charge is 0.464 e. The summed E-state index contributed by atoms with van der Waals surface area (Å²) in [6.07, 6.45) is 1.73. The molecule has 0 aliphatic carbocycles. The van der Waals surface area contributed by atoms with Gasteiger partial charge in [0.05, 0.1) is 18.2 Å². The van der Waals surface area contributed by atoms with Crippen LogP contribution >= 0.6 is 0 Å². The second kappa shape index (κ2) is 3.20. The van der Waals surface area contributed by atoms with E-state index in [1.54, 1.807) is 18.2 Å². The lowest BCUT2D eigenvalue weighted by Gasteiger charge is -2.03. The van der Waals surface area contributed by atoms with E-state index in [1.165, 1.54) is 12.3 Å². The van der Waals surface area contributed by atoms with Crippen LogP contribution in [0.2, 0.25) is 0 Å². The number of benzene rings is 1. The van der Waals surface area contributed by atoms with E-state index < -0.39 is 0 Å². The number of hydrogen-bond acceptors (Lipinski definition) is 2. The van der Waals surface area contributed by atoms with Crippen LogP contribution in [-0.2, 0) is 11.2 Å². The Balaban J connectivity index is 2.15. The minimum absolute atomic E-state index is 0.106. The number of hydrogen-bond donors (Lipinski definition) is 1. The van der Waals surface area contributed by atoms with Gasteiger partial charge in [-0.3, -0.25) is 4.79 Å². The van der Waals surface area contributed by atoms with Gasteiger partial charge in [0.15, 0.2) is 0 Å². The van der Waals surface area contributed by atoms with Crippen molar-refractivity contribution in [2.75, 3.05) is 5.32 Å². The molecule has 4 heteroatoms. The first-order valence-corrected chi connectivity index (χ1v) is 4.90. The highest BCUT2D eigenvalue weighted by atomic mass is 19.1. The first-order chi connectivity index (χ1) is 7.74. The first kappa shape index (κ1) is 9.15. The molecule has 0 spiro atoms. The zero-order chi connectivity index (χ0) is 11.1. The molecule has 1 aromatic carbocycles. The zero-order valence-electron chi connectivity index (χ0n) is 8.29. The van der Waals surface area contributed by atoms with Gasteiger partial charge >= 0.3 is 0 Å². The smallest absolute Gasteiger partial charge is 0.228 e. The molecule has 0 saturated carbocycles. The summed E-state index contributed by atoms with van der Waals surface area (Å²) in [4.78, 5) is 11.2. The number of nitrogens with one attached hydrogen (secondary N) is 1. The summed E-state index contributed by atoms with van der Waals surface area (Å²) in [6.45, 7) is 0. The van der Waals surface area contributed by atoms with Crippen LogP contribution in [0.15, 0.2) is 34.9 Å². The van der Waals surface area contributed by atoms with Crippen LogP contribution in [0.25, 0.3) is 11.3 Å². The van der Waals surface area contributed by atoms with E-state index in [-0.39, 0.29) is 18.1 Å². The molecule has 0 saturated heterocycles. The fourth-order valence-electron chi connectivity index (χ4n) is 1.87. The number of carbonyl (C=O) groups is 1. The molecule has 2 heterocycles. The van der Waals surface area contributed by atoms with E-state index in [1.807, 2.05) is 0 Å². The molecular formula is C12H8FNO2. The third-order valence-corrected chi connectivity index (χ3v) is 2.60. The normalized spacial score (nSPS) is 13.7. The Labute approximate surface area is 90.9 Å². The standard InChI is InChI=1S/C12H8FNO2/c13-9-4-7-5-12(15)14-10(7)6-8(9)11-2-1-3-16-11/h1-4,6H,5H2,(H,14,15). The SMILES string of the molecule is O=C1Cc2cc(F)c(-c3ccco3)cc2N1. The third kappa shape index (κ3) is 1.31. The summed E-state index contributed by atoms with van der Waals surface area (Å²) < 4.78 is 18.9. The van der Waals surface area contributed by atoms with Gasteiger partial charge in [0.25, 0.3) is 0 Å². The maximum absolute atomic E-state index is 13.7. The van der Waals surface area contributed by atoms with Crippen molar-refractivity contribution in [3.63, 3.8) is 0 Å². The molecule has 80 valence electrons. The Morgan fingerprint density at radius 3 is 3.00 bits per heavy atom. The number of carbonyl (C=O) groups excluding carboxylic acids is 1. The molecule has 0 radical (unpaired) electrons. The summed E-state index contributed by atoms with van der Waals surface area (Å²) >= 11 is 0. The molecule has 0 fully saturated rings. The number of fused-ring (bicyclic) bond motifs is 1. The molecule has 1 aromatic heterocycles. The molecule has 16 heavy (non-hydrogen) atoms. The predicted molar refractivity (Wildman–Crippen MR) is 56.4 cm³/mol. The fourth-order valence-corrected chi connectivity index (χ4v) is 1.87. The number of amides is 1. The number of rotatable bonds is 1. The fraction of sp³-hybridized carbons (Fsp3) is 0.0833. The van der Waals surface area contributed by atoms with Crippen molar-refractivity contribution in [1.82, 2.24) is 0 Å². The van der Waals surface area contributed by atoms with Crippen LogP contribution in [0, 0.1) is 5.82 Å². The number of anilines is 1. The summed E-state index contributed by atoms with van der Waals surface area (Å²) in [7, 11) is 0. The van der Waals surface area contributed by atoms with Gasteiger partial charge in [-0.25, -0.2) is 4.39 Å². The van der Waals surface area contributed by atoms with Crippen molar-refractivity contribution in [1.29, 1.82) is 0 Å². The van der Waals surface area contributed by atoms with Gasteiger partial charge < -0.3 is 9.73 Å². The Bertz CT molecular complexity index is 561. The van der Waals surface area contributed by atoms with Crippen molar-refractivity contribution >= 4 is 11.6 Å². The zero-order valence-corrected chi connectivity index (χ0v) is 8.29. The Kier molecular flexibility index (Phi) is 1.83. The van der Waals surface area contributed by atoms with Crippen LogP contribution in [0.4, 0.5) is 10.1 Å². The second-order valence-corrected chi connectivity index (χ2v) is 3.69.